The summed E-state index contributed by atoms with van der Waals surface area (Å²) in [6.07, 6.45) is 6.49. The highest BCUT2D eigenvalue weighted by molar-refractivity contribution is 5.84. The van der Waals surface area contributed by atoms with Gasteiger partial charge in [0.1, 0.15) is 0 Å². The van der Waals surface area contributed by atoms with Crippen molar-refractivity contribution in [3.63, 3.8) is 0 Å². The lowest BCUT2D eigenvalue weighted by atomic mass is 10.1. The van der Waals surface area contributed by atoms with Crippen molar-refractivity contribution in [3.05, 3.63) is 0 Å². The van der Waals surface area contributed by atoms with Crippen molar-refractivity contribution < 1.29 is 4.79 Å². The molecule has 0 bridgehead atoms. The van der Waals surface area contributed by atoms with Crippen molar-refractivity contribution in [2.24, 2.45) is 11.8 Å². The van der Waals surface area contributed by atoms with Crippen molar-refractivity contribution in [1.82, 2.24) is 10.2 Å². The second-order valence-corrected chi connectivity index (χ2v) is 5.96. The van der Waals surface area contributed by atoms with Crippen LogP contribution in [-0.4, -0.2) is 29.6 Å². The largest absolute Gasteiger partial charge is 0.325 e. The SMILES string of the molecule is CCC1NC(C(C)C)N(CC2CCCC2)C1=O. The third-order valence-electron chi connectivity index (χ3n) is 4.26. The second-order valence-electron chi connectivity index (χ2n) is 5.96. The lowest BCUT2D eigenvalue weighted by Gasteiger charge is -2.29. The van der Waals surface area contributed by atoms with Crippen LogP contribution in [0.5, 0.6) is 0 Å². The van der Waals surface area contributed by atoms with Crippen LogP contribution in [-0.2, 0) is 4.79 Å². The van der Waals surface area contributed by atoms with E-state index in [1.165, 1.54) is 25.7 Å². The quantitative estimate of drug-likeness (QED) is 0.815. The molecule has 17 heavy (non-hydrogen) atoms. The molecule has 0 spiro atoms. The zero-order valence-corrected chi connectivity index (χ0v) is 11.4. The van der Waals surface area contributed by atoms with Gasteiger partial charge in [0.15, 0.2) is 0 Å². The third kappa shape index (κ3) is 2.65. The molecule has 2 aliphatic rings. The summed E-state index contributed by atoms with van der Waals surface area (Å²) in [5, 5.41) is 3.49. The highest BCUT2D eigenvalue weighted by Gasteiger charge is 2.40. The van der Waals surface area contributed by atoms with Crippen LogP contribution in [0, 0.1) is 11.8 Å². The van der Waals surface area contributed by atoms with Gasteiger partial charge in [-0.3, -0.25) is 10.1 Å². The Kier molecular flexibility index (Phi) is 4.08. The van der Waals surface area contributed by atoms with Gasteiger partial charge in [-0.2, -0.15) is 0 Å². The molecule has 1 amide bonds. The standard InChI is InChI=1S/C14H26N2O/c1-4-12-14(17)16(13(15-12)10(2)3)9-11-7-5-6-8-11/h10-13,15H,4-9H2,1-3H3. The smallest absolute Gasteiger partial charge is 0.241 e. The maximum atomic E-state index is 12.3. The highest BCUT2D eigenvalue weighted by atomic mass is 16.2. The van der Waals surface area contributed by atoms with E-state index in [4.69, 9.17) is 0 Å². The van der Waals surface area contributed by atoms with E-state index in [1.807, 2.05) is 0 Å². The highest BCUT2D eigenvalue weighted by Crippen LogP contribution is 2.28. The number of rotatable bonds is 4. The first kappa shape index (κ1) is 12.9. The summed E-state index contributed by atoms with van der Waals surface area (Å²) in [5.41, 5.74) is 0. The molecule has 2 unspecified atom stereocenters. The topological polar surface area (TPSA) is 32.3 Å². The van der Waals surface area contributed by atoms with Gasteiger partial charge in [0, 0.05) is 6.54 Å². The van der Waals surface area contributed by atoms with E-state index < -0.39 is 0 Å². The minimum atomic E-state index is 0.0591. The van der Waals surface area contributed by atoms with Crippen LogP contribution < -0.4 is 5.32 Å². The zero-order chi connectivity index (χ0) is 12.4. The van der Waals surface area contributed by atoms with Crippen LogP contribution in [0.25, 0.3) is 0 Å². The summed E-state index contributed by atoms with van der Waals surface area (Å²) in [4.78, 5) is 14.4. The van der Waals surface area contributed by atoms with E-state index in [0.29, 0.717) is 11.8 Å². The predicted molar refractivity (Wildman–Crippen MR) is 69.5 cm³/mol. The molecule has 98 valence electrons. The Bertz CT molecular complexity index is 271. The number of amides is 1. The molecule has 0 aromatic carbocycles. The molecule has 1 saturated heterocycles. The number of nitrogens with zero attached hydrogens (tertiary/aromatic N) is 1. The number of carbonyl (C=O) groups is 1. The Morgan fingerprint density at radius 3 is 2.53 bits per heavy atom. The summed E-state index contributed by atoms with van der Waals surface area (Å²) >= 11 is 0. The molecule has 0 aromatic rings. The summed E-state index contributed by atoms with van der Waals surface area (Å²) in [6, 6.07) is 0.0591. The fourth-order valence-corrected chi connectivity index (χ4v) is 3.22. The molecule has 3 heteroatoms. The summed E-state index contributed by atoms with van der Waals surface area (Å²) in [7, 11) is 0. The number of carbonyl (C=O) groups excluding carboxylic acids is 1. The molecule has 2 atom stereocenters. The number of nitrogens with one attached hydrogen (secondary N) is 1. The predicted octanol–water partition coefficient (Wildman–Crippen LogP) is 2.37. The van der Waals surface area contributed by atoms with E-state index in [-0.39, 0.29) is 12.2 Å². The van der Waals surface area contributed by atoms with E-state index in [1.54, 1.807) is 0 Å². The Balaban J connectivity index is 2.02. The minimum absolute atomic E-state index is 0.0591. The van der Waals surface area contributed by atoms with Gasteiger partial charge in [-0.05, 0) is 31.1 Å². The maximum absolute atomic E-state index is 12.3. The molecule has 2 fully saturated rings. The average molecular weight is 238 g/mol. The lowest BCUT2D eigenvalue weighted by molar-refractivity contribution is -0.131. The van der Waals surface area contributed by atoms with Gasteiger partial charge in [-0.1, -0.05) is 33.6 Å². The Morgan fingerprint density at radius 2 is 2.00 bits per heavy atom. The Morgan fingerprint density at radius 1 is 1.35 bits per heavy atom. The van der Waals surface area contributed by atoms with Crippen molar-refractivity contribution in [3.8, 4) is 0 Å². The molecule has 0 aromatic heterocycles. The van der Waals surface area contributed by atoms with Crippen LogP contribution in [0.15, 0.2) is 0 Å². The first-order chi connectivity index (χ1) is 8.13. The van der Waals surface area contributed by atoms with Gasteiger partial charge in [0.2, 0.25) is 5.91 Å². The molecule has 1 aliphatic heterocycles. The average Bonchev–Trinajstić information content (AvgIpc) is 2.89. The van der Waals surface area contributed by atoms with Crippen LogP contribution >= 0.6 is 0 Å². The summed E-state index contributed by atoms with van der Waals surface area (Å²) < 4.78 is 0. The zero-order valence-electron chi connectivity index (χ0n) is 11.4. The van der Waals surface area contributed by atoms with Crippen LogP contribution in [0.3, 0.4) is 0 Å². The number of hydrogen-bond acceptors (Lipinski definition) is 2. The van der Waals surface area contributed by atoms with Crippen molar-refractivity contribution in [2.45, 2.75) is 65.1 Å². The Labute approximate surface area is 105 Å². The van der Waals surface area contributed by atoms with Gasteiger partial charge < -0.3 is 4.90 Å². The van der Waals surface area contributed by atoms with E-state index >= 15 is 0 Å². The van der Waals surface area contributed by atoms with Crippen LogP contribution in [0.4, 0.5) is 0 Å². The minimum Gasteiger partial charge on any atom is -0.325 e. The van der Waals surface area contributed by atoms with Crippen molar-refractivity contribution in [2.75, 3.05) is 6.54 Å². The van der Waals surface area contributed by atoms with Crippen LogP contribution in [0.2, 0.25) is 0 Å². The molecule has 2 rings (SSSR count). The molecular formula is C14H26N2O. The van der Waals surface area contributed by atoms with Crippen LogP contribution in [0.1, 0.15) is 52.9 Å². The monoisotopic (exact) mass is 238 g/mol. The first-order valence-corrected chi connectivity index (χ1v) is 7.20. The first-order valence-electron chi connectivity index (χ1n) is 7.20. The van der Waals surface area contributed by atoms with Crippen molar-refractivity contribution in [1.29, 1.82) is 0 Å². The fourth-order valence-electron chi connectivity index (χ4n) is 3.22. The lowest BCUT2D eigenvalue weighted by Crippen LogP contribution is -2.43. The van der Waals surface area contributed by atoms with Gasteiger partial charge in [0.25, 0.3) is 0 Å². The van der Waals surface area contributed by atoms with E-state index in [9.17, 15) is 4.79 Å². The maximum Gasteiger partial charge on any atom is 0.241 e. The van der Waals surface area contributed by atoms with Gasteiger partial charge in [-0.15, -0.1) is 0 Å². The summed E-state index contributed by atoms with van der Waals surface area (Å²) in [5.74, 6) is 1.58. The third-order valence-corrected chi connectivity index (χ3v) is 4.26. The molecule has 0 radical (unpaired) electrons. The van der Waals surface area contributed by atoms with Gasteiger partial charge in [-0.25, -0.2) is 0 Å². The van der Waals surface area contributed by atoms with Crippen molar-refractivity contribution >= 4 is 5.91 Å². The van der Waals surface area contributed by atoms with Gasteiger partial charge >= 0.3 is 0 Å². The van der Waals surface area contributed by atoms with Gasteiger partial charge in [0.05, 0.1) is 12.2 Å². The molecular weight excluding hydrogens is 212 g/mol. The van der Waals surface area contributed by atoms with E-state index in [2.05, 4.69) is 31.0 Å². The molecule has 1 heterocycles. The number of hydrogen-bond donors (Lipinski definition) is 1. The molecule has 1 saturated carbocycles. The second kappa shape index (κ2) is 5.38. The fraction of sp³-hybridized carbons (Fsp3) is 0.929. The Hall–Kier alpha value is -0.570. The summed E-state index contributed by atoms with van der Waals surface area (Å²) in [6.45, 7) is 7.46. The molecule has 3 nitrogen and oxygen atoms in total. The van der Waals surface area contributed by atoms with E-state index in [0.717, 1.165) is 18.9 Å². The molecule has 1 aliphatic carbocycles. The normalized spacial score (nSPS) is 30.8. The molecule has 1 N–H and O–H groups in total.